The molecule has 1 amide bonds. The largest absolute Gasteiger partial charge is 0.321 e. The molecule has 1 N–H and O–H groups in total. The molecule has 4 aromatic rings. The number of nitrogens with zero attached hydrogens (tertiary/aromatic N) is 1. The van der Waals surface area contributed by atoms with Gasteiger partial charge in [-0.3, -0.25) is 9.10 Å². The molecule has 3 aromatic carbocycles. The van der Waals surface area contributed by atoms with Crippen LogP contribution in [0.1, 0.15) is 26.4 Å². The Bertz CT molecular complexity index is 1440. The zero-order valence-corrected chi connectivity index (χ0v) is 20.8. The van der Waals surface area contributed by atoms with E-state index in [1.807, 2.05) is 38.1 Å². The summed E-state index contributed by atoms with van der Waals surface area (Å²) in [5, 5.41) is 4.39. The Morgan fingerprint density at radius 2 is 1.73 bits per heavy atom. The number of amides is 1. The average molecular weight is 499 g/mol. The van der Waals surface area contributed by atoms with Crippen molar-refractivity contribution in [2.24, 2.45) is 0 Å². The van der Waals surface area contributed by atoms with Crippen LogP contribution in [0.3, 0.4) is 0 Å². The Kier molecular flexibility index (Phi) is 6.47. The zero-order chi connectivity index (χ0) is 23.8. The first-order valence-electron chi connectivity index (χ1n) is 10.2. The van der Waals surface area contributed by atoms with Gasteiger partial charge in [-0.15, -0.1) is 11.3 Å². The smallest absolute Gasteiger partial charge is 0.265 e. The van der Waals surface area contributed by atoms with Gasteiger partial charge in [0.1, 0.15) is 0 Å². The summed E-state index contributed by atoms with van der Waals surface area (Å²) in [5.41, 5.74) is 4.20. The predicted octanol–water partition coefficient (Wildman–Crippen LogP) is 6.39. The average Bonchev–Trinajstić information content (AvgIpc) is 3.18. The standard InChI is InChI=1S/C25H23ClN2O3S2/c1-16-4-5-17(2)22(12-16)27-25(29)24-14-19-13-21(10-11-23(19)32-24)28(33(3,30)31)15-18-6-8-20(26)9-7-18/h4-14H,15H2,1-3H3,(H,27,29). The van der Waals surface area contributed by atoms with E-state index in [0.717, 1.165) is 32.5 Å². The van der Waals surface area contributed by atoms with E-state index in [1.165, 1.54) is 21.9 Å². The molecule has 0 bridgehead atoms. The summed E-state index contributed by atoms with van der Waals surface area (Å²) in [6.07, 6.45) is 1.18. The number of carbonyl (C=O) groups is 1. The molecule has 1 heterocycles. The number of anilines is 2. The predicted molar refractivity (Wildman–Crippen MR) is 138 cm³/mol. The second-order valence-electron chi connectivity index (χ2n) is 8.00. The molecule has 1 aromatic heterocycles. The van der Waals surface area contributed by atoms with E-state index >= 15 is 0 Å². The van der Waals surface area contributed by atoms with Gasteiger partial charge in [-0.1, -0.05) is 35.9 Å². The van der Waals surface area contributed by atoms with Gasteiger partial charge in [0.2, 0.25) is 10.0 Å². The number of nitrogens with one attached hydrogen (secondary N) is 1. The van der Waals surface area contributed by atoms with Gasteiger partial charge in [-0.05, 0) is 78.4 Å². The van der Waals surface area contributed by atoms with E-state index in [-0.39, 0.29) is 12.5 Å². The molecule has 0 spiro atoms. The number of halogens is 1. The van der Waals surface area contributed by atoms with Crippen LogP contribution in [-0.4, -0.2) is 20.6 Å². The lowest BCUT2D eigenvalue weighted by atomic mass is 10.1. The molecule has 0 unspecified atom stereocenters. The number of benzene rings is 3. The molecular formula is C25H23ClN2O3S2. The number of carbonyl (C=O) groups excluding carboxylic acids is 1. The van der Waals surface area contributed by atoms with Crippen molar-refractivity contribution in [3.05, 3.63) is 93.3 Å². The lowest BCUT2D eigenvalue weighted by Crippen LogP contribution is -2.29. The number of rotatable bonds is 6. The molecule has 0 aliphatic carbocycles. The maximum Gasteiger partial charge on any atom is 0.265 e. The number of thiophene rings is 1. The summed E-state index contributed by atoms with van der Waals surface area (Å²) < 4.78 is 27.4. The zero-order valence-electron chi connectivity index (χ0n) is 18.4. The van der Waals surface area contributed by atoms with Crippen molar-refractivity contribution in [1.29, 1.82) is 0 Å². The van der Waals surface area contributed by atoms with Crippen molar-refractivity contribution in [1.82, 2.24) is 0 Å². The molecule has 0 saturated carbocycles. The topological polar surface area (TPSA) is 66.5 Å². The normalized spacial score (nSPS) is 11.5. The highest BCUT2D eigenvalue weighted by Gasteiger charge is 2.19. The van der Waals surface area contributed by atoms with Crippen LogP contribution in [0.2, 0.25) is 5.02 Å². The SMILES string of the molecule is Cc1ccc(C)c(NC(=O)c2cc3cc(N(Cc4ccc(Cl)cc4)S(C)(=O)=O)ccc3s2)c1. The van der Waals surface area contributed by atoms with Crippen molar-refractivity contribution in [2.45, 2.75) is 20.4 Å². The number of sulfonamides is 1. The third-order valence-electron chi connectivity index (χ3n) is 5.29. The summed E-state index contributed by atoms with van der Waals surface area (Å²) in [6, 6.07) is 20.2. The van der Waals surface area contributed by atoms with Crippen LogP contribution >= 0.6 is 22.9 Å². The van der Waals surface area contributed by atoms with Crippen LogP contribution in [0.25, 0.3) is 10.1 Å². The van der Waals surface area contributed by atoms with Crippen molar-refractivity contribution in [3.8, 4) is 0 Å². The first kappa shape index (κ1) is 23.3. The lowest BCUT2D eigenvalue weighted by Gasteiger charge is -2.22. The van der Waals surface area contributed by atoms with E-state index in [9.17, 15) is 13.2 Å². The summed E-state index contributed by atoms with van der Waals surface area (Å²) in [5.74, 6) is -0.187. The minimum absolute atomic E-state index is 0.186. The molecule has 0 fully saturated rings. The van der Waals surface area contributed by atoms with Crippen molar-refractivity contribution in [3.63, 3.8) is 0 Å². The van der Waals surface area contributed by atoms with E-state index < -0.39 is 10.0 Å². The fraction of sp³-hybridized carbons (Fsp3) is 0.160. The molecule has 170 valence electrons. The van der Waals surface area contributed by atoms with Crippen molar-refractivity contribution in [2.75, 3.05) is 15.9 Å². The molecule has 0 radical (unpaired) electrons. The van der Waals surface area contributed by atoms with Crippen LogP contribution in [0.4, 0.5) is 11.4 Å². The minimum atomic E-state index is -3.53. The number of fused-ring (bicyclic) bond motifs is 1. The second kappa shape index (κ2) is 9.17. The van der Waals surface area contributed by atoms with E-state index in [2.05, 4.69) is 5.32 Å². The summed E-state index contributed by atoms with van der Waals surface area (Å²) >= 11 is 7.33. The number of hydrogen-bond donors (Lipinski definition) is 1. The first-order valence-corrected chi connectivity index (χ1v) is 13.3. The third-order valence-corrected chi connectivity index (χ3v) is 7.80. The fourth-order valence-electron chi connectivity index (χ4n) is 3.51. The first-order chi connectivity index (χ1) is 15.6. The summed E-state index contributed by atoms with van der Waals surface area (Å²) in [6.45, 7) is 4.12. The van der Waals surface area contributed by atoms with Gasteiger partial charge in [0, 0.05) is 15.4 Å². The van der Waals surface area contributed by atoms with E-state index in [1.54, 1.807) is 42.5 Å². The Morgan fingerprint density at radius 3 is 2.42 bits per heavy atom. The maximum absolute atomic E-state index is 12.9. The van der Waals surface area contributed by atoms with Gasteiger partial charge < -0.3 is 5.32 Å². The second-order valence-corrected chi connectivity index (χ2v) is 11.4. The summed E-state index contributed by atoms with van der Waals surface area (Å²) in [4.78, 5) is 13.4. The highest BCUT2D eigenvalue weighted by atomic mass is 35.5. The molecule has 0 saturated heterocycles. The molecule has 33 heavy (non-hydrogen) atoms. The quantitative estimate of drug-likeness (QED) is 0.335. The van der Waals surface area contributed by atoms with E-state index in [4.69, 9.17) is 11.6 Å². The molecule has 0 aliphatic heterocycles. The van der Waals surface area contributed by atoms with Gasteiger partial charge in [0.15, 0.2) is 0 Å². The number of aryl methyl sites for hydroxylation is 2. The molecular weight excluding hydrogens is 476 g/mol. The molecule has 4 rings (SSSR count). The highest BCUT2D eigenvalue weighted by Crippen LogP contribution is 2.32. The Labute approximate surface area is 202 Å². The van der Waals surface area contributed by atoms with Crippen molar-refractivity contribution >= 4 is 60.3 Å². The van der Waals surface area contributed by atoms with Gasteiger partial charge >= 0.3 is 0 Å². The van der Waals surface area contributed by atoms with Crippen LogP contribution < -0.4 is 9.62 Å². The molecule has 8 heteroatoms. The van der Waals surface area contributed by atoms with Crippen LogP contribution in [0, 0.1) is 13.8 Å². The number of hydrogen-bond acceptors (Lipinski definition) is 4. The monoisotopic (exact) mass is 498 g/mol. The Balaban J connectivity index is 1.63. The fourth-order valence-corrected chi connectivity index (χ4v) is 5.45. The van der Waals surface area contributed by atoms with Crippen molar-refractivity contribution < 1.29 is 13.2 Å². The maximum atomic E-state index is 12.9. The summed E-state index contributed by atoms with van der Waals surface area (Å²) in [7, 11) is -3.53. The Morgan fingerprint density at radius 1 is 1.00 bits per heavy atom. The highest BCUT2D eigenvalue weighted by molar-refractivity contribution is 7.92. The van der Waals surface area contributed by atoms with Gasteiger partial charge in [0.25, 0.3) is 5.91 Å². The van der Waals surface area contributed by atoms with Gasteiger partial charge in [0.05, 0.1) is 23.4 Å². The van der Waals surface area contributed by atoms with E-state index in [0.29, 0.717) is 15.6 Å². The van der Waals surface area contributed by atoms with Crippen LogP contribution in [-0.2, 0) is 16.6 Å². The minimum Gasteiger partial charge on any atom is -0.321 e. The van der Waals surface area contributed by atoms with Crippen LogP contribution in [0.15, 0.2) is 66.7 Å². The van der Waals surface area contributed by atoms with Gasteiger partial charge in [-0.25, -0.2) is 8.42 Å². The lowest BCUT2D eigenvalue weighted by molar-refractivity contribution is 0.103. The molecule has 0 atom stereocenters. The van der Waals surface area contributed by atoms with Gasteiger partial charge in [-0.2, -0.15) is 0 Å². The Hall–Kier alpha value is -2.87. The molecule has 0 aliphatic rings. The molecule has 5 nitrogen and oxygen atoms in total. The van der Waals surface area contributed by atoms with Crippen LogP contribution in [0.5, 0.6) is 0 Å². The third kappa shape index (κ3) is 5.38.